The van der Waals surface area contributed by atoms with E-state index >= 15 is 0 Å². The van der Waals surface area contributed by atoms with Crippen LogP contribution in [-0.2, 0) is 4.79 Å². The van der Waals surface area contributed by atoms with Gasteiger partial charge in [0.05, 0.1) is 6.42 Å². The van der Waals surface area contributed by atoms with Crippen LogP contribution >= 0.6 is 0 Å². The van der Waals surface area contributed by atoms with Gasteiger partial charge in [-0.3, -0.25) is 4.79 Å². The number of para-hydroxylation sites is 1. The van der Waals surface area contributed by atoms with Crippen molar-refractivity contribution in [2.24, 2.45) is 5.41 Å². The molecule has 2 rings (SSSR count). The van der Waals surface area contributed by atoms with Crippen LogP contribution in [-0.4, -0.2) is 23.7 Å². The fourth-order valence-electron chi connectivity index (χ4n) is 3.05. The molecule has 1 aliphatic carbocycles. The predicted octanol–water partition coefficient (Wildman–Crippen LogP) is 3.94. The van der Waals surface area contributed by atoms with Crippen molar-refractivity contribution >= 4 is 11.7 Å². The molecule has 0 aromatic heterocycles. The lowest BCUT2D eigenvalue weighted by molar-refractivity contribution is -0.136. The van der Waals surface area contributed by atoms with Gasteiger partial charge < -0.3 is 10.0 Å². The molecule has 1 N–H and O–H groups in total. The number of nitrogens with zero attached hydrogens (tertiary/aromatic N) is 1. The van der Waals surface area contributed by atoms with E-state index in [9.17, 15) is 4.79 Å². The van der Waals surface area contributed by atoms with E-state index in [0.717, 1.165) is 18.5 Å². The Morgan fingerprint density at radius 1 is 1.25 bits per heavy atom. The highest BCUT2D eigenvalue weighted by Crippen LogP contribution is 2.38. The molecule has 0 aliphatic heterocycles. The molecule has 1 saturated carbocycles. The van der Waals surface area contributed by atoms with Crippen molar-refractivity contribution in [3.05, 3.63) is 30.3 Å². The Hall–Kier alpha value is -1.51. The molecule has 0 unspecified atom stereocenters. The topological polar surface area (TPSA) is 40.5 Å². The maximum Gasteiger partial charge on any atom is 0.305 e. The lowest BCUT2D eigenvalue weighted by Crippen LogP contribution is -2.41. The Labute approximate surface area is 121 Å². The number of hydrogen-bond acceptors (Lipinski definition) is 2. The number of carboxylic acids is 1. The fourth-order valence-corrected chi connectivity index (χ4v) is 3.05. The first kappa shape index (κ1) is 14.9. The smallest absolute Gasteiger partial charge is 0.305 e. The molecule has 0 radical (unpaired) electrons. The Kier molecular flexibility index (Phi) is 4.69. The molecule has 20 heavy (non-hydrogen) atoms. The molecule has 110 valence electrons. The van der Waals surface area contributed by atoms with Crippen molar-refractivity contribution in [2.75, 3.05) is 11.4 Å². The molecule has 1 aliphatic rings. The van der Waals surface area contributed by atoms with Gasteiger partial charge >= 0.3 is 5.97 Å². The van der Waals surface area contributed by atoms with Gasteiger partial charge in [0, 0.05) is 18.3 Å². The molecular weight excluding hydrogens is 250 g/mol. The van der Waals surface area contributed by atoms with Crippen LogP contribution in [0.3, 0.4) is 0 Å². The summed E-state index contributed by atoms with van der Waals surface area (Å²) in [5.41, 5.74) is 1.59. The SMILES string of the molecule is CC1(C)CCC(N(CCC(=O)O)c2ccccc2)CC1. The Bertz CT molecular complexity index is 432. The van der Waals surface area contributed by atoms with Crippen LogP contribution in [0.2, 0.25) is 0 Å². The summed E-state index contributed by atoms with van der Waals surface area (Å²) in [6, 6.07) is 10.7. The minimum atomic E-state index is -0.720. The second-order valence-corrected chi connectivity index (χ2v) is 6.57. The Morgan fingerprint density at radius 3 is 2.40 bits per heavy atom. The van der Waals surface area contributed by atoms with E-state index in [0.29, 0.717) is 18.0 Å². The maximum absolute atomic E-state index is 10.9. The number of rotatable bonds is 5. The number of benzene rings is 1. The van der Waals surface area contributed by atoms with E-state index in [4.69, 9.17) is 5.11 Å². The summed E-state index contributed by atoms with van der Waals surface area (Å²) >= 11 is 0. The Balaban J connectivity index is 2.09. The minimum absolute atomic E-state index is 0.203. The zero-order valence-corrected chi connectivity index (χ0v) is 12.5. The summed E-state index contributed by atoms with van der Waals surface area (Å²) in [6.45, 7) is 5.26. The molecule has 0 amide bonds. The van der Waals surface area contributed by atoms with E-state index in [1.165, 1.54) is 12.8 Å². The van der Waals surface area contributed by atoms with Crippen LogP contribution in [0.25, 0.3) is 0 Å². The van der Waals surface area contributed by atoms with E-state index < -0.39 is 5.97 Å². The van der Waals surface area contributed by atoms with E-state index in [-0.39, 0.29) is 6.42 Å². The zero-order chi connectivity index (χ0) is 14.6. The molecule has 0 bridgehead atoms. The maximum atomic E-state index is 10.9. The van der Waals surface area contributed by atoms with Gasteiger partial charge in [0.2, 0.25) is 0 Å². The standard InChI is InChI=1S/C17H25NO2/c1-17(2)11-8-15(9-12-17)18(13-10-16(19)20)14-6-4-3-5-7-14/h3-7,15H,8-13H2,1-2H3,(H,19,20). The normalized spacial score (nSPS) is 18.7. The minimum Gasteiger partial charge on any atom is -0.481 e. The molecule has 1 fully saturated rings. The first-order valence-corrected chi connectivity index (χ1v) is 7.51. The lowest BCUT2D eigenvalue weighted by atomic mass is 9.75. The van der Waals surface area contributed by atoms with Crippen LogP contribution in [0.4, 0.5) is 5.69 Å². The van der Waals surface area contributed by atoms with Gasteiger partial charge in [-0.1, -0.05) is 32.0 Å². The lowest BCUT2D eigenvalue weighted by Gasteiger charge is -2.41. The van der Waals surface area contributed by atoms with Crippen molar-refractivity contribution in [1.82, 2.24) is 0 Å². The highest BCUT2D eigenvalue weighted by Gasteiger charge is 2.30. The molecule has 0 saturated heterocycles. The van der Waals surface area contributed by atoms with Crippen molar-refractivity contribution in [3.63, 3.8) is 0 Å². The van der Waals surface area contributed by atoms with E-state index in [1.807, 2.05) is 18.2 Å². The predicted molar refractivity (Wildman–Crippen MR) is 82.1 cm³/mol. The summed E-state index contributed by atoms with van der Waals surface area (Å²) in [7, 11) is 0. The van der Waals surface area contributed by atoms with Gasteiger partial charge in [-0.15, -0.1) is 0 Å². The van der Waals surface area contributed by atoms with Crippen molar-refractivity contribution in [3.8, 4) is 0 Å². The first-order valence-electron chi connectivity index (χ1n) is 7.51. The number of hydrogen-bond donors (Lipinski definition) is 1. The highest BCUT2D eigenvalue weighted by molar-refractivity contribution is 5.67. The average Bonchev–Trinajstić information content (AvgIpc) is 2.41. The molecule has 3 nitrogen and oxygen atoms in total. The molecule has 0 atom stereocenters. The van der Waals surface area contributed by atoms with Crippen molar-refractivity contribution < 1.29 is 9.90 Å². The molecule has 0 heterocycles. The van der Waals surface area contributed by atoms with E-state index in [2.05, 4.69) is 30.9 Å². The summed E-state index contributed by atoms with van der Waals surface area (Å²) in [5, 5.41) is 8.96. The van der Waals surface area contributed by atoms with Crippen LogP contribution in [0.15, 0.2) is 30.3 Å². The molecule has 1 aromatic carbocycles. The molecule has 0 spiro atoms. The van der Waals surface area contributed by atoms with E-state index in [1.54, 1.807) is 0 Å². The second kappa shape index (κ2) is 6.29. The van der Waals surface area contributed by atoms with Crippen LogP contribution in [0.5, 0.6) is 0 Å². The average molecular weight is 275 g/mol. The molecular formula is C17H25NO2. The Morgan fingerprint density at radius 2 is 1.85 bits per heavy atom. The summed E-state index contributed by atoms with van der Waals surface area (Å²) in [6.07, 6.45) is 4.94. The highest BCUT2D eigenvalue weighted by atomic mass is 16.4. The van der Waals surface area contributed by atoms with Crippen molar-refractivity contribution in [1.29, 1.82) is 0 Å². The monoisotopic (exact) mass is 275 g/mol. The second-order valence-electron chi connectivity index (χ2n) is 6.57. The van der Waals surface area contributed by atoms with Gasteiger partial charge in [0.15, 0.2) is 0 Å². The number of aliphatic carboxylic acids is 1. The zero-order valence-electron chi connectivity index (χ0n) is 12.5. The number of carbonyl (C=O) groups is 1. The van der Waals surface area contributed by atoms with Crippen LogP contribution in [0.1, 0.15) is 46.0 Å². The summed E-state index contributed by atoms with van der Waals surface area (Å²) in [5.74, 6) is -0.720. The van der Waals surface area contributed by atoms with Crippen LogP contribution < -0.4 is 4.90 Å². The first-order chi connectivity index (χ1) is 9.48. The summed E-state index contributed by atoms with van der Waals surface area (Å²) in [4.78, 5) is 13.2. The molecule has 3 heteroatoms. The quantitative estimate of drug-likeness (QED) is 0.885. The third-order valence-corrected chi connectivity index (χ3v) is 4.40. The largest absolute Gasteiger partial charge is 0.481 e. The van der Waals surface area contributed by atoms with Gasteiger partial charge in [-0.05, 0) is 43.2 Å². The third kappa shape index (κ3) is 3.99. The third-order valence-electron chi connectivity index (χ3n) is 4.40. The van der Waals surface area contributed by atoms with Gasteiger partial charge in [-0.25, -0.2) is 0 Å². The van der Waals surface area contributed by atoms with Crippen molar-refractivity contribution in [2.45, 2.75) is 52.0 Å². The number of anilines is 1. The van der Waals surface area contributed by atoms with Gasteiger partial charge in [-0.2, -0.15) is 0 Å². The van der Waals surface area contributed by atoms with Gasteiger partial charge in [0.25, 0.3) is 0 Å². The molecule has 1 aromatic rings. The fraction of sp³-hybridized carbons (Fsp3) is 0.588. The van der Waals surface area contributed by atoms with Gasteiger partial charge in [0.1, 0.15) is 0 Å². The van der Waals surface area contributed by atoms with Crippen LogP contribution in [0, 0.1) is 5.41 Å². The number of carboxylic acid groups (broad SMARTS) is 1. The summed E-state index contributed by atoms with van der Waals surface area (Å²) < 4.78 is 0.